The van der Waals surface area contributed by atoms with Gasteiger partial charge in [0.25, 0.3) is 11.8 Å². The van der Waals surface area contributed by atoms with Crippen LogP contribution in [0.3, 0.4) is 0 Å². The van der Waals surface area contributed by atoms with Crippen molar-refractivity contribution in [1.82, 2.24) is 19.7 Å². The molecule has 1 aromatic heterocycles. The Morgan fingerprint density at radius 1 is 0.865 bits per heavy atom. The summed E-state index contributed by atoms with van der Waals surface area (Å²) in [5.74, 6) is 0.531. The van der Waals surface area contributed by atoms with Gasteiger partial charge in [-0.1, -0.05) is 19.3 Å². The minimum atomic E-state index is 0.0199. The highest BCUT2D eigenvalue weighted by molar-refractivity contribution is 7.11. The van der Waals surface area contributed by atoms with Gasteiger partial charge in [-0.05, 0) is 49.4 Å². The summed E-state index contributed by atoms with van der Waals surface area (Å²) >= 11 is 1.39. The molecule has 0 radical (unpaired) electrons. The number of aryl methyl sites for hydroxylation is 1. The van der Waals surface area contributed by atoms with Crippen molar-refractivity contribution >= 4 is 34.7 Å². The van der Waals surface area contributed by atoms with Crippen LogP contribution in [0.2, 0.25) is 0 Å². The number of hydrogen-bond acceptors (Lipinski definition) is 6. The maximum absolute atomic E-state index is 13.2. The summed E-state index contributed by atoms with van der Waals surface area (Å²) in [6.45, 7) is 5.28. The number of fused-ring (bicyclic) bond motifs is 1. The average molecular weight is 522 g/mol. The first kappa shape index (κ1) is 24.6. The number of piperazine rings is 1. The van der Waals surface area contributed by atoms with E-state index in [1.165, 1.54) is 17.8 Å². The van der Waals surface area contributed by atoms with Crippen molar-refractivity contribution in [2.24, 2.45) is 5.92 Å². The van der Waals surface area contributed by atoms with E-state index in [1.807, 2.05) is 38.3 Å². The second-order valence-electron chi connectivity index (χ2n) is 10.8. The Balaban J connectivity index is 1.03. The van der Waals surface area contributed by atoms with Crippen molar-refractivity contribution < 1.29 is 14.4 Å². The SMILES string of the molecule is O=C(c1ccc2c(c1)CCCN2C(=O)C1CCCCC1)N1CC(N2CCN(C(=O)c3nccs3)CC2)C1. The van der Waals surface area contributed by atoms with E-state index in [0.717, 1.165) is 88.1 Å². The Hall–Kier alpha value is -2.78. The second kappa shape index (κ2) is 10.5. The van der Waals surface area contributed by atoms with E-state index in [0.29, 0.717) is 24.1 Å². The van der Waals surface area contributed by atoms with E-state index in [2.05, 4.69) is 9.88 Å². The molecule has 9 heteroatoms. The van der Waals surface area contributed by atoms with Crippen molar-refractivity contribution in [3.8, 4) is 0 Å². The number of anilines is 1. The number of aromatic nitrogens is 1. The van der Waals surface area contributed by atoms with E-state index in [4.69, 9.17) is 0 Å². The first-order chi connectivity index (χ1) is 18.1. The number of carbonyl (C=O) groups excluding carboxylic acids is 3. The minimum Gasteiger partial charge on any atom is -0.335 e. The lowest BCUT2D eigenvalue weighted by molar-refractivity contribution is -0.123. The summed E-state index contributed by atoms with van der Waals surface area (Å²) in [7, 11) is 0. The van der Waals surface area contributed by atoms with Gasteiger partial charge in [0, 0.05) is 80.6 Å². The molecule has 0 unspecified atom stereocenters. The van der Waals surface area contributed by atoms with Gasteiger partial charge in [-0.3, -0.25) is 19.3 Å². The van der Waals surface area contributed by atoms with Gasteiger partial charge in [-0.15, -0.1) is 11.3 Å². The third kappa shape index (κ3) is 4.91. The number of amides is 3. The Bertz CT molecular complexity index is 1150. The fraction of sp³-hybridized carbons (Fsp3) is 0.571. The molecule has 0 spiro atoms. The van der Waals surface area contributed by atoms with Gasteiger partial charge in [-0.25, -0.2) is 4.98 Å². The smallest absolute Gasteiger partial charge is 0.282 e. The van der Waals surface area contributed by atoms with Crippen LogP contribution in [-0.2, 0) is 11.2 Å². The predicted molar refractivity (Wildman–Crippen MR) is 143 cm³/mol. The van der Waals surface area contributed by atoms with Gasteiger partial charge >= 0.3 is 0 Å². The molecule has 1 aromatic carbocycles. The molecule has 1 aliphatic carbocycles. The predicted octanol–water partition coefficient (Wildman–Crippen LogP) is 3.29. The lowest BCUT2D eigenvalue weighted by Gasteiger charge is -2.48. The normalized spacial score (nSPS) is 21.5. The van der Waals surface area contributed by atoms with Crippen LogP contribution in [0.25, 0.3) is 0 Å². The van der Waals surface area contributed by atoms with E-state index < -0.39 is 0 Å². The molecule has 3 amide bonds. The quantitative estimate of drug-likeness (QED) is 0.617. The standard InChI is InChI=1S/C28H35N5O3S/c34-26(32-18-23(19-32)30-12-14-31(15-13-30)28(36)25-29-10-16-37-25)22-8-9-24-21(17-22)7-4-11-33(24)27(35)20-5-2-1-3-6-20/h8-10,16-17,20,23H,1-7,11-15,18-19H2. The maximum atomic E-state index is 13.2. The van der Waals surface area contributed by atoms with Crippen LogP contribution < -0.4 is 4.90 Å². The molecule has 4 aliphatic rings. The summed E-state index contributed by atoms with van der Waals surface area (Å²) in [6.07, 6.45) is 9.10. The van der Waals surface area contributed by atoms with Crippen LogP contribution in [0.5, 0.6) is 0 Å². The third-order valence-corrected chi connectivity index (χ3v) is 9.31. The van der Waals surface area contributed by atoms with Crippen molar-refractivity contribution in [2.75, 3.05) is 50.7 Å². The average Bonchev–Trinajstić information content (AvgIpc) is 3.47. The van der Waals surface area contributed by atoms with Crippen molar-refractivity contribution in [2.45, 2.75) is 51.0 Å². The van der Waals surface area contributed by atoms with Crippen LogP contribution in [0.4, 0.5) is 5.69 Å². The first-order valence-electron chi connectivity index (χ1n) is 13.7. The fourth-order valence-electron chi connectivity index (χ4n) is 6.32. The molecule has 37 heavy (non-hydrogen) atoms. The number of rotatable bonds is 4. The van der Waals surface area contributed by atoms with Crippen molar-refractivity contribution in [3.63, 3.8) is 0 Å². The molecule has 1 saturated carbocycles. The van der Waals surface area contributed by atoms with E-state index in [1.54, 1.807) is 6.20 Å². The number of hydrogen-bond donors (Lipinski definition) is 0. The van der Waals surface area contributed by atoms with Gasteiger partial charge in [0.2, 0.25) is 5.91 Å². The summed E-state index contributed by atoms with van der Waals surface area (Å²) in [6, 6.07) is 6.28. The molecular formula is C28H35N5O3S. The Morgan fingerprint density at radius 2 is 1.65 bits per heavy atom. The molecule has 2 aromatic rings. The molecule has 0 N–H and O–H groups in total. The zero-order chi connectivity index (χ0) is 25.4. The Kier molecular flexibility index (Phi) is 6.99. The second-order valence-corrected chi connectivity index (χ2v) is 11.7. The molecule has 4 heterocycles. The van der Waals surface area contributed by atoms with E-state index >= 15 is 0 Å². The monoisotopic (exact) mass is 521 g/mol. The summed E-state index contributed by atoms with van der Waals surface area (Å²) < 4.78 is 0. The number of nitrogens with zero attached hydrogens (tertiary/aromatic N) is 5. The van der Waals surface area contributed by atoms with Gasteiger partial charge in [0.15, 0.2) is 5.01 Å². The highest BCUT2D eigenvalue weighted by atomic mass is 32.1. The number of carbonyl (C=O) groups is 3. The zero-order valence-electron chi connectivity index (χ0n) is 21.3. The minimum absolute atomic E-state index is 0.0199. The largest absolute Gasteiger partial charge is 0.335 e. The molecular weight excluding hydrogens is 486 g/mol. The molecule has 196 valence electrons. The van der Waals surface area contributed by atoms with Crippen LogP contribution in [0.1, 0.15) is 64.2 Å². The number of benzene rings is 1. The highest BCUT2D eigenvalue weighted by Gasteiger charge is 2.38. The summed E-state index contributed by atoms with van der Waals surface area (Å²) in [4.78, 5) is 51.3. The number of likely N-dealkylation sites (tertiary alicyclic amines) is 1. The molecule has 6 rings (SSSR count). The van der Waals surface area contributed by atoms with Gasteiger partial charge in [0.05, 0.1) is 0 Å². The van der Waals surface area contributed by atoms with E-state index in [-0.39, 0.29) is 23.6 Å². The number of thiazole rings is 1. The lowest BCUT2D eigenvalue weighted by atomic mass is 9.87. The highest BCUT2D eigenvalue weighted by Crippen LogP contribution is 2.33. The zero-order valence-corrected chi connectivity index (χ0v) is 22.1. The first-order valence-corrected chi connectivity index (χ1v) is 14.6. The van der Waals surface area contributed by atoms with Crippen molar-refractivity contribution in [3.05, 3.63) is 45.9 Å². The molecule has 2 saturated heterocycles. The molecule has 8 nitrogen and oxygen atoms in total. The van der Waals surface area contributed by atoms with Crippen molar-refractivity contribution in [1.29, 1.82) is 0 Å². The topological polar surface area (TPSA) is 77.1 Å². The molecule has 3 aliphatic heterocycles. The van der Waals surface area contributed by atoms with Crippen LogP contribution >= 0.6 is 11.3 Å². The Morgan fingerprint density at radius 3 is 2.38 bits per heavy atom. The van der Waals surface area contributed by atoms with Crippen LogP contribution in [-0.4, -0.2) is 89.3 Å². The summed E-state index contributed by atoms with van der Waals surface area (Å²) in [5.41, 5.74) is 2.85. The fourth-order valence-corrected chi connectivity index (χ4v) is 6.92. The maximum Gasteiger partial charge on any atom is 0.282 e. The molecule has 0 bridgehead atoms. The molecule has 0 atom stereocenters. The lowest BCUT2D eigenvalue weighted by Crippen LogP contribution is -2.64. The summed E-state index contributed by atoms with van der Waals surface area (Å²) in [5, 5.41) is 2.39. The Labute approximate surface area is 222 Å². The van der Waals surface area contributed by atoms with Crippen LogP contribution in [0.15, 0.2) is 29.8 Å². The van der Waals surface area contributed by atoms with Gasteiger partial charge < -0.3 is 14.7 Å². The van der Waals surface area contributed by atoms with Crippen LogP contribution in [0, 0.1) is 5.92 Å². The third-order valence-electron chi connectivity index (χ3n) is 8.55. The molecule has 3 fully saturated rings. The van der Waals surface area contributed by atoms with E-state index in [9.17, 15) is 14.4 Å². The van der Waals surface area contributed by atoms with Gasteiger partial charge in [-0.2, -0.15) is 0 Å². The van der Waals surface area contributed by atoms with Gasteiger partial charge in [0.1, 0.15) is 0 Å².